The van der Waals surface area contributed by atoms with E-state index in [0.29, 0.717) is 44.3 Å². The van der Waals surface area contributed by atoms with Crippen LogP contribution in [0.2, 0.25) is 10.0 Å². The maximum absolute atomic E-state index is 13.2. The van der Waals surface area contributed by atoms with Gasteiger partial charge in [0.15, 0.2) is 27.8 Å². The normalized spacial score (nSPS) is 11.1. The molecular weight excluding hydrogens is 577 g/mol. The van der Waals surface area contributed by atoms with Crippen molar-refractivity contribution in [2.24, 2.45) is 19.2 Å². The van der Waals surface area contributed by atoms with E-state index < -0.39 is 11.2 Å². The topological polar surface area (TPSA) is 117 Å². The third kappa shape index (κ3) is 6.03. The van der Waals surface area contributed by atoms with Crippen LogP contribution in [0.4, 0.5) is 0 Å². The van der Waals surface area contributed by atoms with Gasteiger partial charge in [-0.3, -0.25) is 23.9 Å². The molecule has 11 nitrogen and oxygen atoms in total. The number of rotatable bonds is 9. The molecule has 0 saturated heterocycles. The zero-order valence-corrected chi connectivity index (χ0v) is 24.1. The highest BCUT2D eigenvalue weighted by atomic mass is 35.5. The van der Waals surface area contributed by atoms with E-state index in [0.717, 1.165) is 4.57 Å². The van der Waals surface area contributed by atoms with Gasteiger partial charge in [-0.2, -0.15) is 10.1 Å². The zero-order chi connectivity index (χ0) is 29.0. The number of aromatic nitrogens is 4. The summed E-state index contributed by atoms with van der Waals surface area (Å²) in [6.07, 6.45) is 3.24. The van der Waals surface area contributed by atoms with Crippen molar-refractivity contribution in [2.45, 2.75) is 6.54 Å². The van der Waals surface area contributed by atoms with Gasteiger partial charge in [-0.15, -0.1) is 6.58 Å². The van der Waals surface area contributed by atoms with Crippen molar-refractivity contribution in [1.82, 2.24) is 29.4 Å². The number of hydrazone groups is 1. The second-order valence-corrected chi connectivity index (χ2v) is 9.73. The molecule has 4 aromatic rings. The van der Waals surface area contributed by atoms with Gasteiger partial charge in [0.1, 0.15) is 0 Å². The van der Waals surface area contributed by atoms with E-state index in [1.807, 2.05) is 0 Å². The highest BCUT2D eigenvalue weighted by Gasteiger charge is 2.22. The number of hydrogen-bond acceptors (Lipinski definition) is 7. The Morgan fingerprint density at radius 2 is 1.93 bits per heavy atom. The molecule has 0 amide bonds. The number of imidazole rings is 1. The van der Waals surface area contributed by atoms with Crippen LogP contribution in [0.5, 0.6) is 17.5 Å². The number of fused-ring (bicyclic) bond motifs is 1. The van der Waals surface area contributed by atoms with Crippen LogP contribution in [-0.4, -0.2) is 43.7 Å². The Balaban J connectivity index is 1.75. The number of thiocarbonyl (C=S) groups is 1. The van der Waals surface area contributed by atoms with E-state index in [-0.39, 0.29) is 23.7 Å². The summed E-state index contributed by atoms with van der Waals surface area (Å²) in [5, 5.41) is 8.23. The lowest BCUT2D eigenvalue weighted by Crippen LogP contribution is -2.37. The molecule has 2 aromatic heterocycles. The van der Waals surface area contributed by atoms with Crippen LogP contribution in [-0.2, 0) is 20.6 Å². The van der Waals surface area contributed by atoms with Crippen LogP contribution in [0.25, 0.3) is 11.2 Å². The molecule has 0 unspecified atom stereocenters. The fourth-order valence-electron chi connectivity index (χ4n) is 3.79. The van der Waals surface area contributed by atoms with Crippen molar-refractivity contribution in [2.75, 3.05) is 13.7 Å². The molecule has 2 N–H and O–H groups in total. The number of hydrogen-bond donors (Lipinski definition) is 2. The highest BCUT2D eigenvalue weighted by molar-refractivity contribution is 7.80. The van der Waals surface area contributed by atoms with Crippen molar-refractivity contribution in [3.05, 3.63) is 91.1 Å². The fraction of sp³-hybridized carbons (Fsp3) is 0.192. The summed E-state index contributed by atoms with van der Waals surface area (Å²) in [5.41, 5.74) is 3.34. The van der Waals surface area contributed by atoms with Gasteiger partial charge in [-0.25, -0.2) is 4.79 Å². The number of methoxy groups -OCH3 is 1. The van der Waals surface area contributed by atoms with Crippen LogP contribution >= 0.6 is 35.4 Å². The predicted octanol–water partition coefficient (Wildman–Crippen LogP) is 3.57. The van der Waals surface area contributed by atoms with Crippen LogP contribution < -0.4 is 31.5 Å². The minimum atomic E-state index is -0.531. The van der Waals surface area contributed by atoms with Gasteiger partial charge < -0.3 is 14.8 Å². The van der Waals surface area contributed by atoms with Crippen LogP contribution in [0.3, 0.4) is 0 Å². The Kier molecular flexibility index (Phi) is 8.93. The lowest BCUT2D eigenvalue weighted by Gasteiger charge is -2.13. The van der Waals surface area contributed by atoms with Gasteiger partial charge in [0.2, 0.25) is 0 Å². The molecule has 2 aromatic carbocycles. The lowest BCUT2D eigenvalue weighted by atomic mass is 10.2. The molecule has 208 valence electrons. The summed E-state index contributed by atoms with van der Waals surface area (Å²) in [4.78, 5) is 30.3. The van der Waals surface area contributed by atoms with Gasteiger partial charge in [0.05, 0.1) is 19.9 Å². The molecule has 0 atom stereocenters. The summed E-state index contributed by atoms with van der Waals surface area (Å²) >= 11 is 17.6. The Labute approximate surface area is 244 Å². The van der Waals surface area contributed by atoms with Crippen molar-refractivity contribution in [3.63, 3.8) is 0 Å². The van der Waals surface area contributed by atoms with Crippen molar-refractivity contribution >= 4 is 57.9 Å². The predicted molar refractivity (Wildman–Crippen MR) is 160 cm³/mol. The first-order valence-electron chi connectivity index (χ1n) is 11.8. The van der Waals surface area contributed by atoms with Crippen LogP contribution in [0.15, 0.2) is 63.7 Å². The molecule has 2 heterocycles. The molecule has 4 rings (SSSR count). The molecule has 14 heteroatoms. The number of nitrogens with zero attached hydrogens (tertiary/aromatic N) is 5. The monoisotopic (exact) mass is 601 g/mol. The second kappa shape index (κ2) is 12.4. The van der Waals surface area contributed by atoms with E-state index in [1.165, 1.54) is 25.8 Å². The molecule has 40 heavy (non-hydrogen) atoms. The zero-order valence-electron chi connectivity index (χ0n) is 21.8. The molecular formula is C26H25Cl2N7O4S. The minimum Gasteiger partial charge on any atom is -0.493 e. The molecule has 0 radical (unpaired) electrons. The molecule has 0 aliphatic rings. The summed E-state index contributed by atoms with van der Waals surface area (Å²) in [5.74, 6) is 0.692. The summed E-state index contributed by atoms with van der Waals surface area (Å²) in [6, 6.07) is 10.2. The Hall–Kier alpha value is -4.13. The highest BCUT2D eigenvalue weighted by Crippen LogP contribution is 2.33. The summed E-state index contributed by atoms with van der Waals surface area (Å²) in [6.45, 7) is 4.25. The van der Waals surface area contributed by atoms with Crippen LogP contribution in [0, 0.1) is 0 Å². The molecule has 0 aliphatic carbocycles. The first-order chi connectivity index (χ1) is 19.1. The SMILES string of the molecule is C=CCNC(=S)NN=Cc1ccc(Oc2nc3c(c(=O)n(C)c(=O)n3C)n2Cc2ccc(Cl)cc2Cl)c(OC)c1. The Bertz CT molecular complexity index is 1760. The van der Waals surface area contributed by atoms with Gasteiger partial charge in [-0.1, -0.05) is 35.3 Å². The molecule has 0 spiro atoms. The first kappa shape index (κ1) is 28.9. The second-order valence-electron chi connectivity index (χ2n) is 8.48. The fourth-order valence-corrected chi connectivity index (χ4v) is 4.39. The van der Waals surface area contributed by atoms with Crippen molar-refractivity contribution in [3.8, 4) is 17.5 Å². The molecule has 0 bridgehead atoms. The van der Waals surface area contributed by atoms with E-state index in [9.17, 15) is 9.59 Å². The average molecular weight is 603 g/mol. The summed E-state index contributed by atoms with van der Waals surface area (Å²) in [7, 11) is 4.42. The molecule has 0 aliphatic heterocycles. The van der Waals surface area contributed by atoms with E-state index in [4.69, 9.17) is 44.9 Å². The maximum atomic E-state index is 13.2. The van der Waals surface area contributed by atoms with E-state index in [1.54, 1.807) is 53.3 Å². The maximum Gasteiger partial charge on any atom is 0.332 e. The minimum absolute atomic E-state index is 0.0549. The largest absolute Gasteiger partial charge is 0.493 e. The third-order valence-electron chi connectivity index (χ3n) is 5.83. The van der Waals surface area contributed by atoms with Crippen molar-refractivity contribution in [1.29, 1.82) is 0 Å². The number of benzene rings is 2. The molecule has 0 fully saturated rings. The van der Waals surface area contributed by atoms with Gasteiger partial charge >= 0.3 is 11.7 Å². The lowest BCUT2D eigenvalue weighted by molar-refractivity contribution is 0.361. The standard InChI is InChI=1S/C26H25Cl2N7O4S/c1-5-10-29-24(40)32-30-13-15-6-9-19(20(11-15)38-4)39-25-31-22-21(23(36)34(3)26(37)33(22)2)35(25)14-16-7-8-17(27)12-18(16)28/h5-9,11-13H,1,10,14H2,2-4H3,(H2,29,32,40). The molecule has 0 saturated carbocycles. The van der Waals surface area contributed by atoms with E-state index in [2.05, 4.69) is 27.4 Å². The Morgan fingerprint density at radius 1 is 1.15 bits per heavy atom. The number of ether oxygens (including phenoxy) is 2. The van der Waals surface area contributed by atoms with Gasteiger partial charge in [0, 0.05) is 30.7 Å². The number of aryl methyl sites for hydroxylation is 1. The van der Waals surface area contributed by atoms with Gasteiger partial charge in [0.25, 0.3) is 5.56 Å². The first-order valence-corrected chi connectivity index (χ1v) is 12.9. The quantitative estimate of drug-likeness (QED) is 0.129. The van der Waals surface area contributed by atoms with Crippen molar-refractivity contribution < 1.29 is 9.47 Å². The Morgan fingerprint density at radius 3 is 2.62 bits per heavy atom. The van der Waals surface area contributed by atoms with Gasteiger partial charge in [-0.05, 0) is 53.7 Å². The average Bonchev–Trinajstić information content (AvgIpc) is 3.29. The smallest absolute Gasteiger partial charge is 0.332 e. The van der Waals surface area contributed by atoms with Crippen LogP contribution in [0.1, 0.15) is 11.1 Å². The van der Waals surface area contributed by atoms with E-state index >= 15 is 0 Å². The number of nitrogens with one attached hydrogen (secondary N) is 2. The number of halogens is 2. The summed E-state index contributed by atoms with van der Waals surface area (Å²) < 4.78 is 15.6. The third-order valence-corrected chi connectivity index (χ3v) is 6.65.